The molecule has 32 heavy (non-hydrogen) atoms. The summed E-state index contributed by atoms with van der Waals surface area (Å²) >= 11 is 0. The van der Waals surface area contributed by atoms with E-state index in [1.54, 1.807) is 50.8 Å². The van der Waals surface area contributed by atoms with Crippen molar-refractivity contribution in [1.82, 2.24) is 15.2 Å². The smallest absolute Gasteiger partial charge is 0.319 e. The number of nitrogens with zero attached hydrogens (tertiary/aromatic N) is 2. The number of amides is 3. The lowest BCUT2D eigenvalue weighted by atomic mass is 10.1. The number of para-hydroxylation sites is 1. The molecule has 3 N–H and O–H groups in total. The van der Waals surface area contributed by atoms with Crippen molar-refractivity contribution in [3.05, 3.63) is 84.2 Å². The lowest BCUT2D eigenvalue weighted by Crippen LogP contribution is -2.28. The standard InChI is InChI=1S/C22H23N5O4S/c1-27(2)21(28)19-7-3-4-8-20(19)26-32(30,31)18-11-9-17(10-12-18)25-22(29)24-15-16-6-5-13-23-14-16/h3-14,26H,15H2,1-2H3,(H2,24,25,29). The molecule has 3 aromatic rings. The lowest BCUT2D eigenvalue weighted by Gasteiger charge is -2.15. The van der Waals surface area contributed by atoms with Crippen LogP contribution in [-0.4, -0.2) is 44.3 Å². The van der Waals surface area contributed by atoms with Gasteiger partial charge in [0.1, 0.15) is 0 Å². The zero-order valence-corrected chi connectivity index (χ0v) is 18.4. The Morgan fingerprint density at radius 2 is 1.69 bits per heavy atom. The number of hydrogen-bond donors (Lipinski definition) is 3. The molecule has 2 aromatic carbocycles. The van der Waals surface area contributed by atoms with Crippen molar-refractivity contribution in [2.45, 2.75) is 11.4 Å². The molecule has 166 valence electrons. The van der Waals surface area contributed by atoms with Crippen LogP contribution in [0.25, 0.3) is 0 Å². The maximum atomic E-state index is 12.8. The number of aromatic nitrogens is 1. The van der Waals surface area contributed by atoms with Gasteiger partial charge in [-0.3, -0.25) is 14.5 Å². The highest BCUT2D eigenvalue weighted by atomic mass is 32.2. The summed E-state index contributed by atoms with van der Waals surface area (Å²) in [5, 5.41) is 5.34. The highest BCUT2D eigenvalue weighted by molar-refractivity contribution is 7.92. The summed E-state index contributed by atoms with van der Waals surface area (Å²) < 4.78 is 28.1. The molecule has 0 atom stereocenters. The van der Waals surface area contributed by atoms with Crippen molar-refractivity contribution in [2.24, 2.45) is 0 Å². The molecule has 0 unspecified atom stereocenters. The number of rotatable bonds is 7. The molecule has 0 radical (unpaired) electrons. The number of carbonyl (C=O) groups excluding carboxylic acids is 2. The average Bonchev–Trinajstić information content (AvgIpc) is 2.78. The summed E-state index contributed by atoms with van der Waals surface area (Å²) in [5.41, 5.74) is 1.70. The van der Waals surface area contributed by atoms with E-state index in [0.717, 1.165) is 5.56 Å². The third kappa shape index (κ3) is 5.82. The van der Waals surface area contributed by atoms with Gasteiger partial charge in [0.25, 0.3) is 15.9 Å². The van der Waals surface area contributed by atoms with Crippen molar-refractivity contribution in [2.75, 3.05) is 24.1 Å². The average molecular weight is 454 g/mol. The first kappa shape index (κ1) is 22.8. The Hall–Kier alpha value is -3.92. The van der Waals surface area contributed by atoms with Crippen molar-refractivity contribution < 1.29 is 18.0 Å². The van der Waals surface area contributed by atoms with E-state index in [4.69, 9.17) is 0 Å². The second-order valence-corrected chi connectivity index (χ2v) is 8.73. The minimum absolute atomic E-state index is 0.00840. The largest absolute Gasteiger partial charge is 0.345 e. The topological polar surface area (TPSA) is 121 Å². The van der Waals surface area contributed by atoms with E-state index in [2.05, 4.69) is 20.3 Å². The van der Waals surface area contributed by atoms with Crippen LogP contribution in [0.3, 0.4) is 0 Å². The van der Waals surface area contributed by atoms with Crippen LogP contribution in [0.2, 0.25) is 0 Å². The zero-order chi connectivity index (χ0) is 23.1. The van der Waals surface area contributed by atoms with Crippen LogP contribution in [0.1, 0.15) is 15.9 Å². The molecule has 0 fully saturated rings. The second kappa shape index (κ2) is 9.92. The second-order valence-electron chi connectivity index (χ2n) is 7.04. The molecule has 9 nitrogen and oxygen atoms in total. The van der Waals surface area contributed by atoms with Crippen LogP contribution in [0.15, 0.2) is 78.0 Å². The minimum Gasteiger partial charge on any atom is -0.345 e. The molecule has 3 amide bonds. The van der Waals surface area contributed by atoms with Crippen LogP contribution in [0.4, 0.5) is 16.2 Å². The first-order chi connectivity index (χ1) is 15.3. The summed E-state index contributed by atoms with van der Waals surface area (Å²) in [6.07, 6.45) is 3.30. The van der Waals surface area contributed by atoms with Gasteiger partial charge in [-0.15, -0.1) is 0 Å². The van der Waals surface area contributed by atoms with Gasteiger partial charge < -0.3 is 15.5 Å². The molecule has 0 aliphatic rings. The zero-order valence-electron chi connectivity index (χ0n) is 17.6. The highest BCUT2D eigenvalue weighted by Gasteiger charge is 2.19. The maximum absolute atomic E-state index is 12.8. The van der Waals surface area contributed by atoms with Crippen LogP contribution in [0.5, 0.6) is 0 Å². The van der Waals surface area contributed by atoms with E-state index in [1.165, 1.54) is 35.2 Å². The maximum Gasteiger partial charge on any atom is 0.319 e. The van der Waals surface area contributed by atoms with Gasteiger partial charge >= 0.3 is 6.03 Å². The summed E-state index contributed by atoms with van der Waals surface area (Å²) in [6.45, 7) is 0.307. The normalized spacial score (nSPS) is 10.8. The van der Waals surface area contributed by atoms with Gasteiger partial charge in [-0.05, 0) is 48.0 Å². The van der Waals surface area contributed by atoms with Gasteiger partial charge in [0.15, 0.2) is 0 Å². The first-order valence-electron chi connectivity index (χ1n) is 9.63. The van der Waals surface area contributed by atoms with Gasteiger partial charge in [0.2, 0.25) is 0 Å². The van der Waals surface area contributed by atoms with Crippen LogP contribution in [-0.2, 0) is 16.6 Å². The minimum atomic E-state index is -3.94. The Morgan fingerprint density at radius 1 is 0.969 bits per heavy atom. The van der Waals surface area contributed by atoms with E-state index in [9.17, 15) is 18.0 Å². The predicted octanol–water partition coefficient (Wildman–Crippen LogP) is 2.91. The van der Waals surface area contributed by atoms with Gasteiger partial charge in [0, 0.05) is 38.7 Å². The number of urea groups is 1. The molecule has 0 aliphatic carbocycles. The number of nitrogens with one attached hydrogen (secondary N) is 3. The fourth-order valence-electron chi connectivity index (χ4n) is 2.78. The fourth-order valence-corrected chi connectivity index (χ4v) is 3.86. The predicted molar refractivity (Wildman–Crippen MR) is 122 cm³/mol. The summed E-state index contributed by atoms with van der Waals surface area (Å²) in [6, 6.07) is 15.3. The van der Waals surface area contributed by atoms with Crippen LogP contribution < -0.4 is 15.4 Å². The molecule has 1 heterocycles. The number of anilines is 2. The molecule has 10 heteroatoms. The molecule has 3 rings (SSSR count). The van der Waals surface area contributed by atoms with Crippen molar-refractivity contribution in [3.8, 4) is 0 Å². The van der Waals surface area contributed by atoms with E-state index < -0.39 is 16.1 Å². The van der Waals surface area contributed by atoms with Crippen molar-refractivity contribution in [1.29, 1.82) is 0 Å². The Labute approximate surface area is 186 Å². The molecule has 0 saturated carbocycles. The SMILES string of the molecule is CN(C)C(=O)c1ccccc1NS(=O)(=O)c1ccc(NC(=O)NCc2cccnc2)cc1. The number of pyridine rings is 1. The Balaban J connectivity index is 1.66. The number of hydrogen-bond acceptors (Lipinski definition) is 5. The molecule has 0 saturated heterocycles. The van der Waals surface area contributed by atoms with E-state index in [0.29, 0.717) is 12.2 Å². The van der Waals surface area contributed by atoms with Gasteiger partial charge in [-0.25, -0.2) is 13.2 Å². The molecular formula is C22H23N5O4S. The van der Waals surface area contributed by atoms with Crippen LogP contribution >= 0.6 is 0 Å². The van der Waals surface area contributed by atoms with Gasteiger partial charge in [-0.2, -0.15) is 0 Å². The van der Waals surface area contributed by atoms with Crippen molar-refractivity contribution >= 4 is 33.3 Å². The fraction of sp³-hybridized carbons (Fsp3) is 0.136. The number of benzene rings is 2. The highest BCUT2D eigenvalue weighted by Crippen LogP contribution is 2.22. The van der Waals surface area contributed by atoms with Gasteiger partial charge in [-0.1, -0.05) is 18.2 Å². The van der Waals surface area contributed by atoms with Crippen LogP contribution in [0, 0.1) is 0 Å². The van der Waals surface area contributed by atoms with E-state index >= 15 is 0 Å². The first-order valence-corrected chi connectivity index (χ1v) is 11.1. The van der Waals surface area contributed by atoms with Crippen molar-refractivity contribution in [3.63, 3.8) is 0 Å². The van der Waals surface area contributed by atoms with E-state index in [-0.39, 0.29) is 22.1 Å². The Morgan fingerprint density at radius 3 is 2.34 bits per heavy atom. The lowest BCUT2D eigenvalue weighted by molar-refractivity contribution is 0.0828. The van der Waals surface area contributed by atoms with Gasteiger partial charge in [0.05, 0.1) is 16.1 Å². The molecular weight excluding hydrogens is 430 g/mol. The monoisotopic (exact) mass is 453 g/mol. The summed E-state index contributed by atoms with van der Waals surface area (Å²) in [5.74, 6) is -0.319. The summed E-state index contributed by atoms with van der Waals surface area (Å²) in [4.78, 5) is 29.7. The Kier molecular flexibility index (Phi) is 7.06. The quantitative estimate of drug-likeness (QED) is 0.508. The Bertz CT molecular complexity index is 1200. The molecule has 0 bridgehead atoms. The number of carbonyl (C=O) groups is 2. The third-order valence-corrected chi connectivity index (χ3v) is 5.79. The third-order valence-electron chi connectivity index (χ3n) is 4.41. The summed E-state index contributed by atoms with van der Waals surface area (Å²) in [7, 11) is -0.764. The molecule has 1 aromatic heterocycles. The number of sulfonamides is 1. The van der Waals surface area contributed by atoms with E-state index in [1.807, 2.05) is 6.07 Å². The molecule has 0 aliphatic heterocycles. The molecule has 0 spiro atoms.